The molecule has 0 aromatic heterocycles. The number of hydrogen-bond acceptors (Lipinski definition) is 5. The van der Waals surface area contributed by atoms with Crippen LogP contribution in [-0.4, -0.2) is 48.0 Å². The van der Waals surface area contributed by atoms with Crippen molar-refractivity contribution in [1.82, 2.24) is 4.90 Å². The Hall–Kier alpha value is -1.59. The summed E-state index contributed by atoms with van der Waals surface area (Å²) in [5.41, 5.74) is 0. The van der Waals surface area contributed by atoms with Gasteiger partial charge in [-0.05, 0) is 32.6 Å². The van der Waals surface area contributed by atoms with E-state index >= 15 is 0 Å². The van der Waals surface area contributed by atoms with Crippen molar-refractivity contribution in [1.29, 1.82) is 0 Å². The zero-order chi connectivity index (χ0) is 21.6. The van der Waals surface area contributed by atoms with Gasteiger partial charge in [0, 0.05) is 26.3 Å². The lowest BCUT2D eigenvalue weighted by atomic mass is 9.90. The number of esters is 2. The molecule has 3 atom stereocenters. The van der Waals surface area contributed by atoms with Crippen molar-refractivity contribution in [3.63, 3.8) is 0 Å². The van der Waals surface area contributed by atoms with Crippen molar-refractivity contribution in [3.8, 4) is 0 Å². The molecule has 0 aromatic carbocycles. The molecule has 168 valence electrons. The number of unbranched alkanes of at least 4 members (excludes halogenated alkanes) is 8. The average molecular weight is 412 g/mol. The van der Waals surface area contributed by atoms with Gasteiger partial charge in [-0.1, -0.05) is 51.4 Å². The molecule has 0 unspecified atom stereocenters. The fourth-order valence-electron chi connectivity index (χ4n) is 4.44. The standard InChI is InChI=1S/C23H41NO5/c1-18-22(29-20(3)26)17-16-21(24(18)19(2)25)14-12-10-8-6-5-7-9-11-13-15-23(27)28-4/h18,21-22H,5-17H2,1-4H3/t18-,21+,22-/m0/s1. The monoisotopic (exact) mass is 411 g/mol. The van der Waals surface area contributed by atoms with E-state index in [1.54, 1.807) is 6.92 Å². The first-order valence-corrected chi connectivity index (χ1v) is 11.4. The van der Waals surface area contributed by atoms with E-state index in [0.29, 0.717) is 6.42 Å². The highest BCUT2D eigenvalue weighted by atomic mass is 16.5. The fraction of sp³-hybridized carbons (Fsp3) is 0.870. The smallest absolute Gasteiger partial charge is 0.305 e. The molecular formula is C23H41NO5. The quantitative estimate of drug-likeness (QED) is 0.322. The maximum atomic E-state index is 12.1. The van der Waals surface area contributed by atoms with Crippen LogP contribution in [0.1, 0.15) is 104 Å². The number of piperidine rings is 1. The van der Waals surface area contributed by atoms with Crippen molar-refractivity contribution in [2.75, 3.05) is 7.11 Å². The van der Waals surface area contributed by atoms with Gasteiger partial charge >= 0.3 is 11.9 Å². The zero-order valence-corrected chi connectivity index (χ0v) is 18.9. The van der Waals surface area contributed by atoms with E-state index in [2.05, 4.69) is 4.74 Å². The Labute approximate surface area is 176 Å². The summed E-state index contributed by atoms with van der Waals surface area (Å²) in [5, 5.41) is 0. The van der Waals surface area contributed by atoms with Crippen molar-refractivity contribution in [2.24, 2.45) is 0 Å². The van der Waals surface area contributed by atoms with E-state index in [-0.39, 0.29) is 36.0 Å². The number of amides is 1. The number of nitrogens with zero attached hydrogens (tertiary/aromatic N) is 1. The zero-order valence-electron chi connectivity index (χ0n) is 18.9. The van der Waals surface area contributed by atoms with Crippen LogP contribution in [0.2, 0.25) is 0 Å². The van der Waals surface area contributed by atoms with Gasteiger partial charge in [-0.3, -0.25) is 14.4 Å². The number of likely N-dealkylation sites (tertiary alicyclic amines) is 1. The minimum Gasteiger partial charge on any atom is -0.469 e. The largest absolute Gasteiger partial charge is 0.469 e. The maximum Gasteiger partial charge on any atom is 0.305 e. The third kappa shape index (κ3) is 10.1. The summed E-state index contributed by atoms with van der Waals surface area (Å²) in [6.45, 7) is 5.04. The Bertz CT molecular complexity index is 507. The van der Waals surface area contributed by atoms with E-state index in [1.807, 2.05) is 11.8 Å². The third-order valence-corrected chi connectivity index (χ3v) is 5.98. The molecule has 1 saturated heterocycles. The lowest BCUT2D eigenvalue weighted by Crippen LogP contribution is -2.55. The van der Waals surface area contributed by atoms with Crippen LogP contribution in [0.3, 0.4) is 0 Å². The molecular weight excluding hydrogens is 370 g/mol. The highest BCUT2D eigenvalue weighted by Crippen LogP contribution is 2.29. The van der Waals surface area contributed by atoms with Gasteiger partial charge in [0.15, 0.2) is 0 Å². The molecule has 1 fully saturated rings. The molecule has 0 bridgehead atoms. The van der Waals surface area contributed by atoms with Gasteiger partial charge in [0.05, 0.1) is 13.2 Å². The molecule has 0 aliphatic carbocycles. The van der Waals surface area contributed by atoms with Gasteiger partial charge in [0.25, 0.3) is 0 Å². The second-order valence-corrected chi connectivity index (χ2v) is 8.34. The van der Waals surface area contributed by atoms with Crippen LogP contribution in [-0.2, 0) is 23.9 Å². The molecule has 0 aromatic rings. The predicted molar refractivity (Wildman–Crippen MR) is 113 cm³/mol. The summed E-state index contributed by atoms with van der Waals surface area (Å²) >= 11 is 0. The molecule has 1 heterocycles. The SMILES string of the molecule is COC(=O)CCCCCCCCCCC[C@@H]1CC[C@H](OC(C)=O)[C@H](C)N1C(C)=O. The first-order chi connectivity index (χ1) is 13.9. The fourth-order valence-corrected chi connectivity index (χ4v) is 4.44. The number of hydrogen-bond donors (Lipinski definition) is 0. The number of rotatable bonds is 13. The molecule has 1 rings (SSSR count). The minimum absolute atomic E-state index is 0.0469. The van der Waals surface area contributed by atoms with Crippen LogP contribution < -0.4 is 0 Å². The second-order valence-electron chi connectivity index (χ2n) is 8.34. The van der Waals surface area contributed by atoms with E-state index in [9.17, 15) is 14.4 Å². The summed E-state index contributed by atoms with van der Waals surface area (Å²) in [4.78, 5) is 36.4. The lowest BCUT2D eigenvalue weighted by Gasteiger charge is -2.44. The highest BCUT2D eigenvalue weighted by molar-refractivity contribution is 5.74. The predicted octanol–water partition coefficient (Wildman–Crippen LogP) is 4.78. The van der Waals surface area contributed by atoms with Gasteiger partial charge < -0.3 is 14.4 Å². The number of carbonyl (C=O) groups is 3. The summed E-state index contributed by atoms with van der Waals surface area (Å²) in [5.74, 6) is -0.304. The van der Waals surface area contributed by atoms with E-state index in [1.165, 1.54) is 52.6 Å². The molecule has 0 saturated carbocycles. The summed E-state index contributed by atoms with van der Waals surface area (Å²) in [6.07, 6.45) is 13.7. The van der Waals surface area contributed by atoms with Gasteiger partial charge in [-0.15, -0.1) is 0 Å². The number of carbonyl (C=O) groups excluding carboxylic acids is 3. The van der Waals surface area contributed by atoms with Crippen molar-refractivity contribution < 1.29 is 23.9 Å². The molecule has 1 aliphatic heterocycles. The van der Waals surface area contributed by atoms with Crippen LogP contribution in [0, 0.1) is 0 Å². The normalized spacial score (nSPS) is 21.7. The lowest BCUT2D eigenvalue weighted by molar-refractivity contribution is -0.159. The second kappa shape index (κ2) is 14.4. The number of ether oxygens (including phenoxy) is 2. The van der Waals surface area contributed by atoms with Crippen LogP contribution in [0.15, 0.2) is 0 Å². The summed E-state index contributed by atoms with van der Waals surface area (Å²) < 4.78 is 10.0. The molecule has 1 aliphatic rings. The van der Waals surface area contributed by atoms with E-state index < -0.39 is 0 Å². The van der Waals surface area contributed by atoms with Gasteiger partial charge in [-0.25, -0.2) is 0 Å². The molecule has 0 N–H and O–H groups in total. The van der Waals surface area contributed by atoms with Crippen molar-refractivity contribution >= 4 is 17.8 Å². The third-order valence-electron chi connectivity index (χ3n) is 5.98. The molecule has 0 radical (unpaired) electrons. The Morgan fingerprint density at radius 2 is 1.41 bits per heavy atom. The summed E-state index contributed by atoms with van der Waals surface area (Å²) in [7, 11) is 1.44. The molecule has 1 amide bonds. The van der Waals surface area contributed by atoms with E-state index in [0.717, 1.165) is 38.5 Å². The van der Waals surface area contributed by atoms with Crippen LogP contribution in [0.25, 0.3) is 0 Å². The highest BCUT2D eigenvalue weighted by Gasteiger charge is 2.37. The van der Waals surface area contributed by atoms with Gasteiger partial charge in [0.1, 0.15) is 6.10 Å². The van der Waals surface area contributed by atoms with Crippen LogP contribution >= 0.6 is 0 Å². The summed E-state index contributed by atoms with van der Waals surface area (Å²) in [6, 6.07) is 0.221. The van der Waals surface area contributed by atoms with E-state index in [4.69, 9.17) is 4.74 Å². The van der Waals surface area contributed by atoms with Crippen molar-refractivity contribution in [2.45, 2.75) is 122 Å². The molecule has 6 nitrogen and oxygen atoms in total. The molecule has 29 heavy (non-hydrogen) atoms. The molecule has 0 spiro atoms. The molecule has 6 heteroatoms. The first kappa shape index (κ1) is 25.4. The van der Waals surface area contributed by atoms with Gasteiger partial charge in [-0.2, -0.15) is 0 Å². The van der Waals surface area contributed by atoms with Crippen LogP contribution in [0.4, 0.5) is 0 Å². The minimum atomic E-state index is -0.271. The number of methoxy groups -OCH3 is 1. The van der Waals surface area contributed by atoms with Crippen molar-refractivity contribution in [3.05, 3.63) is 0 Å². The Morgan fingerprint density at radius 3 is 1.93 bits per heavy atom. The Balaban J connectivity index is 2.13. The van der Waals surface area contributed by atoms with Crippen LogP contribution in [0.5, 0.6) is 0 Å². The maximum absolute atomic E-state index is 12.1. The first-order valence-electron chi connectivity index (χ1n) is 11.4. The average Bonchev–Trinajstić information content (AvgIpc) is 2.67. The Morgan fingerprint density at radius 1 is 0.862 bits per heavy atom. The topological polar surface area (TPSA) is 72.9 Å². The van der Waals surface area contributed by atoms with Gasteiger partial charge in [0.2, 0.25) is 5.91 Å². The Kier molecular flexibility index (Phi) is 12.6.